The van der Waals surface area contributed by atoms with Gasteiger partial charge in [0.05, 0.1) is 17.6 Å². The van der Waals surface area contributed by atoms with Crippen molar-refractivity contribution in [3.8, 4) is 5.69 Å². The van der Waals surface area contributed by atoms with Crippen LogP contribution in [-0.2, 0) is 4.79 Å². The van der Waals surface area contributed by atoms with Crippen LogP contribution < -0.4 is 0 Å². The molecule has 0 aliphatic heterocycles. The van der Waals surface area contributed by atoms with Crippen molar-refractivity contribution in [3.63, 3.8) is 0 Å². The lowest BCUT2D eigenvalue weighted by Crippen LogP contribution is -2.34. The van der Waals surface area contributed by atoms with E-state index in [4.69, 9.17) is 0 Å². The first-order valence-electron chi connectivity index (χ1n) is 9.96. The highest BCUT2D eigenvalue weighted by Crippen LogP contribution is 2.30. The minimum Gasteiger partial charge on any atom is -0.338 e. The smallest absolute Gasteiger partial charge is 0.234 e. The molecule has 0 saturated carbocycles. The highest BCUT2D eigenvalue weighted by atomic mass is 16.2. The molecule has 1 amide bonds. The lowest BCUT2D eigenvalue weighted by atomic mass is 9.89. The highest BCUT2D eigenvalue weighted by molar-refractivity contribution is 5.87. The number of rotatable bonds is 6. The molecule has 5 nitrogen and oxygen atoms in total. The number of hydrogen-bond acceptors (Lipinski definition) is 3. The number of aromatic nitrogens is 3. The van der Waals surface area contributed by atoms with Crippen LogP contribution in [0.25, 0.3) is 5.69 Å². The minimum atomic E-state index is -0.339. The number of amides is 1. The van der Waals surface area contributed by atoms with Crippen molar-refractivity contribution in [2.24, 2.45) is 0 Å². The van der Waals surface area contributed by atoms with E-state index in [1.54, 1.807) is 11.0 Å². The number of benzene rings is 3. The molecule has 0 bridgehead atoms. The molecule has 0 fully saturated rings. The molecule has 4 aromatic rings. The van der Waals surface area contributed by atoms with Gasteiger partial charge in [-0.2, -0.15) is 5.10 Å². The largest absolute Gasteiger partial charge is 0.338 e. The van der Waals surface area contributed by atoms with Crippen molar-refractivity contribution < 1.29 is 4.79 Å². The quantitative estimate of drug-likeness (QED) is 0.478. The molecule has 1 atom stereocenters. The van der Waals surface area contributed by atoms with Crippen LogP contribution in [0.5, 0.6) is 0 Å². The van der Waals surface area contributed by atoms with Crippen molar-refractivity contribution in [2.75, 3.05) is 7.05 Å². The van der Waals surface area contributed by atoms with Crippen LogP contribution in [0, 0.1) is 0 Å². The van der Waals surface area contributed by atoms with E-state index in [1.165, 1.54) is 6.33 Å². The molecule has 1 aromatic heterocycles. The number of nitrogens with zero attached hydrogens (tertiary/aromatic N) is 4. The molecule has 0 aliphatic carbocycles. The molecule has 3 aromatic carbocycles. The summed E-state index contributed by atoms with van der Waals surface area (Å²) in [7, 11) is 1.87. The molecule has 30 heavy (non-hydrogen) atoms. The third-order valence-electron chi connectivity index (χ3n) is 5.50. The van der Waals surface area contributed by atoms with E-state index in [0.717, 1.165) is 22.4 Å². The van der Waals surface area contributed by atoms with Gasteiger partial charge in [0.2, 0.25) is 5.91 Å². The lowest BCUT2D eigenvalue weighted by Gasteiger charge is -2.30. The van der Waals surface area contributed by atoms with Gasteiger partial charge in [0.15, 0.2) is 0 Å². The molecule has 150 valence electrons. The topological polar surface area (TPSA) is 51.0 Å². The first kappa shape index (κ1) is 19.6. The fraction of sp³-hybridized carbons (Fsp3) is 0.160. The second-order valence-corrected chi connectivity index (χ2v) is 7.31. The molecule has 0 spiro atoms. The van der Waals surface area contributed by atoms with Crippen molar-refractivity contribution in [1.82, 2.24) is 19.7 Å². The van der Waals surface area contributed by atoms with Crippen molar-refractivity contribution in [3.05, 3.63) is 114 Å². The van der Waals surface area contributed by atoms with E-state index in [0.29, 0.717) is 0 Å². The first-order valence-corrected chi connectivity index (χ1v) is 9.96. The Morgan fingerprint density at radius 1 is 0.833 bits per heavy atom. The SMILES string of the molecule is C[C@@H](c1ccc(-n2cncn2)cc1)N(C)C(=O)C(c1ccccc1)c1ccccc1. The summed E-state index contributed by atoms with van der Waals surface area (Å²) >= 11 is 0. The highest BCUT2D eigenvalue weighted by Gasteiger charge is 2.28. The maximum absolute atomic E-state index is 13.6. The maximum atomic E-state index is 13.6. The van der Waals surface area contributed by atoms with E-state index in [9.17, 15) is 4.79 Å². The first-order chi connectivity index (χ1) is 14.6. The summed E-state index contributed by atoms with van der Waals surface area (Å²) in [5.74, 6) is -0.269. The molecular formula is C25H24N4O. The lowest BCUT2D eigenvalue weighted by molar-refractivity contribution is -0.132. The molecular weight excluding hydrogens is 372 g/mol. The summed E-state index contributed by atoms with van der Waals surface area (Å²) in [6.07, 6.45) is 3.18. The van der Waals surface area contributed by atoms with Crippen molar-refractivity contribution >= 4 is 5.91 Å². The van der Waals surface area contributed by atoms with E-state index < -0.39 is 0 Å². The number of likely N-dealkylation sites (N-methyl/N-ethyl adjacent to an activating group) is 1. The van der Waals surface area contributed by atoms with Crippen LogP contribution in [0.4, 0.5) is 0 Å². The van der Waals surface area contributed by atoms with Gasteiger partial charge >= 0.3 is 0 Å². The number of carbonyl (C=O) groups is 1. The van der Waals surface area contributed by atoms with Crippen LogP contribution in [0.15, 0.2) is 97.6 Å². The van der Waals surface area contributed by atoms with Crippen LogP contribution in [0.1, 0.15) is 35.6 Å². The zero-order chi connectivity index (χ0) is 20.9. The Hall–Kier alpha value is -3.73. The van der Waals surface area contributed by atoms with Gasteiger partial charge in [0, 0.05) is 7.05 Å². The monoisotopic (exact) mass is 396 g/mol. The second-order valence-electron chi connectivity index (χ2n) is 7.31. The van der Waals surface area contributed by atoms with Crippen LogP contribution in [0.3, 0.4) is 0 Å². The third kappa shape index (κ3) is 4.01. The Morgan fingerprint density at radius 2 is 1.40 bits per heavy atom. The van der Waals surface area contributed by atoms with Crippen LogP contribution >= 0.6 is 0 Å². The fourth-order valence-electron chi connectivity index (χ4n) is 3.63. The van der Waals surface area contributed by atoms with Gasteiger partial charge in [-0.05, 0) is 35.7 Å². The van der Waals surface area contributed by atoms with Gasteiger partial charge in [-0.1, -0.05) is 72.8 Å². The zero-order valence-electron chi connectivity index (χ0n) is 17.1. The normalized spacial score (nSPS) is 12.0. The zero-order valence-corrected chi connectivity index (χ0v) is 17.1. The molecule has 5 heteroatoms. The summed E-state index contributed by atoms with van der Waals surface area (Å²) < 4.78 is 1.71. The fourth-order valence-corrected chi connectivity index (χ4v) is 3.63. The van der Waals surface area contributed by atoms with E-state index in [-0.39, 0.29) is 17.9 Å². The summed E-state index contributed by atoms with van der Waals surface area (Å²) in [5, 5.41) is 4.16. The van der Waals surface area contributed by atoms with E-state index in [1.807, 2.05) is 96.9 Å². The number of hydrogen-bond donors (Lipinski definition) is 0. The molecule has 1 heterocycles. The van der Waals surface area contributed by atoms with Gasteiger partial charge in [0.1, 0.15) is 12.7 Å². The average molecular weight is 396 g/mol. The van der Waals surface area contributed by atoms with E-state index >= 15 is 0 Å². The summed E-state index contributed by atoms with van der Waals surface area (Å²) in [6.45, 7) is 2.05. The van der Waals surface area contributed by atoms with Gasteiger partial charge in [-0.3, -0.25) is 4.79 Å². The predicted octanol–water partition coefficient (Wildman–Crippen LogP) is 4.62. The predicted molar refractivity (Wildman–Crippen MR) is 117 cm³/mol. The van der Waals surface area contributed by atoms with E-state index in [2.05, 4.69) is 17.0 Å². The Balaban J connectivity index is 1.60. The Labute approximate surface area is 176 Å². The van der Waals surface area contributed by atoms with Gasteiger partial charge in [-0.15, -0.1) is 0 Å². The van der Waals surface area contributed by atoms with Gasteiger partial charge < -0.3 is 4.90 Å². The van der Waals surface area contributed by atoms with Crippen molar-refractivity contribution in [1.29, 1.82) is 0 Å². The van der Waals surface area contributed by atoms with Crippen molar-refractivity contribution in [2.45, 2.75) is 18.9 Å². The second kappa shape index (κ2) is 8.74. The Bertz CT molecular complexity index is 1040. The maximum Gasteiger partial charge on any atom is 0.234 e. The molecule has 0 unspecified atom stereocenters. The standard InChI is InChI=1S/C25H24N4O/c1-19(20-13-15-23(16-14-20)29-18-26-17-27-29)28(2)25(30)24(21-9-5-3-6-10-21)22-11-7-4-8-12-22/h3-19,24H,1-2H3/t19-/m0/s1. The molecule has 4 rings (SSSR count). The molecule has 0 aliphatic rings. The Morgan fingerprint density at radius 3 is 1.90 bits per heavy atom. The molecule has 0 N–H and O–H groups in total. The number of carbonyl (C=O) groups excluding carboxylic acids is 1. The average Bonchev–Trinajstić information content (AvgIpc) is 3.35. The van der Waals surface area contributed by atoms with Gasteiger partial charge in [0.25, 0.3) is 0 Å². The minimum absolute atomic E-state index is 0.0697. The van der Waals surface area contributed by atoms with Gasteiger partial charge in [-0.25, -0.2) is 9.67 Å². The summed E-state index contributed by atoms with van der Waals surface area (Å²) in [5.41, 5.74) is 3.99. The molecule has 0 radical (unpaired) electrons. The molecule has 0 saturated heterocycles. The Kier molecular flexibility index (Phi) is 5.70. The van der Waals surface area contributed by atoms with Crippen LogP contribution in [-0.4, -0.2) is 32.6 Å². The van der Waals surface area contributed by atoms with Crippen LogP contribution in [0.2, 0.25) is 0 Å². The third-order valence-corrected chi connectivity index (χ3v) is 5.50. The summed E-state index contributed by atoms with van der Waals surface area (Å²) in [6, 6.07) is 27.9. The summed E-state index contributed by atoms with van der Waals surface area (Å²) in [4.78, 5) is 19.4.